The number of benzene rings is 1. The minimum absolute atomic E-state index is 0.202. The van der Waals surface area contributed by atoms with Gasteiger partial charge in [-0.1, -0.05) is 11.6 Å². The molecule has 0 spiro atoms. The van der Waals surface area contributed by atoms with Crippen LogP contribution in [0.5, 0.6) is 0 Å². The summed E-state index contributed by atoms with van der Waals surface area (Å²) >= 11 is 5.79. The van der Waals surface area contributed by atoms with Crippen LogP contribution in [0.25, 0.3) is 0 Å². The van der Waals surface area contributed by atoms with E-state index in [1.165, 1.54) is 25.3 Å². The number of esters is 1. The van der Waals surface area contributed by atoms with Crippen molar-refractivity contribution in [3.8, 4) is 0 Å². The summed E-state index contributed by atoms with van der Waals surface area (Å²) in [5, 5.41) is 0.373. The number of ether oxygens (including phenoxy) is 1. The van der Waals surface area contributed by atoms with Gasteiger partial charge in [0.15, 0.2) is 0 Å². The van der Waals surface area contributed by atoms with Crippen molar-refractivity contribution < 1.29 is 13.9 Å². The summed E-state index contributed by atoms with van der Waals surface area (Å²) < 4.78 is 18.3. The van der Waals surface area contributed by atoms with E-state index in [1.54, 1.807) is 13.8 Å². The largest absolute Gasteiger partial charge is 0.469 e. The zero-order chi connectivity index (χ0) is 13.2. The van der Waals surface area contributed by atoms with E-state index < -0.39 is 23.2 Å². The molecule has 0 saturated heterocycles. The van der Waals surface area contributed by atoms with Crippen molar-refractivity contribution in [3.63, 3.8) is 0 Å². The lowest BCUT2D eigenvalue weighted by molar-refractivity contribution is -0.152. The SMILES string of the molecule is COC(=O)C(C)(C)C(N)c1cc(Cl)ccc1F. The molecule has 2 N–H and O–H groups in total. The number of hydrogen-bond acceptors (Lipinski definition) is 3. The van der Waals surface area contributed by atoms with Crippen molar-refractivity contribution in [1.82, 2.24) is 0 Å². The van der Waals surface area contributed by atoms with Gasteiger partial charge in [0.05, 0.1) is 12.5 Å². The summed E-state index contributed by atoms with van der Waals surface area (Å²) in [7, 11) is 1.27. The maximum atomic E-state index is 13.6. The normalized spacial score (nSPS) is 13.3. The van der Waals surface area contributed by atoms with E-state index >= 15 is 0 Å². The van der Waals surface area contributed by atoms with Gasteiger partial charge in [0.1, 0.15) is 5.82 Å². The molecular weight excluding hydrogens is 245 g/mol. The molecule has 0 fully saturated rings. The molecule has 0 heterocycles. The van der Waals surface area contributed by atoms with Crippen molar-refractivity contribution in [2.45, 2.75) is 19.9 Å². The highest BCUT2D eigenvalue weighted by Crippen LogP contribution is 2.34. The van der Waals surface area contributed by atoms with Crippen molar-refractivity contribution >= 4 is 17.6 Å². The molecule has 0 bridgehead atoms. The fourth-order valence-corrected chi connectivity index (χ4v) is 1.71. The van der Waals surface area contributed by atoms with Crippen LogP contribution in [0.3, 0.4) is 0 Å². The van der Waals surface area contributed by atoms with Gasteiger partial charge in [-0.2, -0.15) is 0 Å². The Hall–Kier alpha value is -1.13. The van der Waals surface area contributed by atoms with Crippen molar-refractivity contribution in [3.05, 3.63) is 34.6 Å². The number of halogens is 2. The van der Waals surface area contributed by atoms with Gasteiger partial charge < -0.3 is 10.5 Å². The van der Waals surface area contributed by atoms with Crippen LogP contribution < -0.4 is 5.73 Å². The van der Waals surface area contributed by atoms with Crippen LogP contribution in [0.1, 0.15) is 25.5 Å². The van der Waals surface area contributed by atoms with Crippen LogP contribution in [-0.4, -0.2) is 13.1 Å². The molecular formula is C12H15ClFNO2. The van der Waals surface area contributed by atoms with E-state index in [-0.39, 0.29) is 5.56 Å². The number of carbonyl (C=O) groups excluding carboxylic acids is 1. The van der Waals surface area contributed by atoms with Gasteiger partial charge in [-0.3, -0.25) is 4.79 Å². The van der Waals surface area contributed by atoms with Gasteiger partial charge in [-0.05, 0) is 32.0 Å². The third kappa shape index (κ3) is 2.76. The molecule has 3 nitrogen and oxygen atoms in total. The Morgan fingerprint density at radius 2 is 2.12 bits per heavy atom. The standard InChI is InChI=1S/C12H15ClFNO2/c1-12(2,11(16)17-3)10(15)8-6-7(13)4-5-9(8)14/h4-6,10H,15H2,1-3H3. The van der Waals surface area contributed by atoms with E-state index in [2.05, 4.69) is 4.74 Å². The highest BCUT2D eigenvalue weighted by Gasteiger charge is 2.37. The summed E-state index contributed by atoms with van der Waals surface area (Å²) in [4.78, 5) is 11.6. The maximum absolute atomic E-state index is 13.6. The second-order valence-corrected chi connectivity index (χ2v) is 4.79. The highest BCUT2D eigenvalue weighted by atomic mass is 35.5. The molecule has 0 aliphatic heterocycles. The molecule has 0 saturated carbocycles. The second kappa shape index (κ2) is 5.02. The molecule has 1 atom stereocenters. The molecule has 0 radical (unpaired) electrons. The first-order valence-corrected chi connectivity index (χ1v) is 5.47. The van der Waals surface area contributed by atoms with Gasteiger partial charge in [0.25, 0.3) is 0 Å². The first-order chi connectivity index (χ1) is 7.80. The van der Waals surface area contributed by atoms with Gasteiger partial charge in [-0.15, -0.1) is 0 Å². The van der Waals surface area contributed by atoms with E-state index in [9.17, 15) is 9.18 Å². The number of carbonyl (C=O) groups is 1. The number of nitrogens with two attached hydrogens (primary N) is 1. The average Bonchev–Trinajstić information content (AvgIpc) is 2.30. The zero-order valence-corrected chi connectivity index (χ0v) is 10.7. The molecule has 0 amide bonds. The van der Waals surface area contributed by atoms with Crippen LogP contribution >= 0.6 is 11.6 Å². The third-order valence-electron chi connectivity index (χ3n) is 2.78. The van der Waals surface area contributed by atoms with E-state index in [0.29, 0.717) is 5.02 Å². The lowest BCUT2D eigenvalue weighted by Gasteiger charge is -2.29. The smallest absolute Gasteiger partial charge is 0.313 e. The monoisotopic (exact) mass is 259 g/mol. The zero-order valence-electron chi connectivity index (χ0n) is 9.96. The van der Waals surface area contributed by atoms with Crippen LogP contribution in [0, 0.1) is 11.2 Å². The van der Waals surface area contributed by atoms with Crippen molar-refractivity contribution in [1.29, 1.82) is 0 Å². The van der Waals surface area contributed by atoms with Gasteiger partial charge in [0.2, 0.25) is 0 Å². The van der Waals surface area contributed by atoms with Crippen molar-refractivity contribution in [2.24, 2.45) is 11.1 Å². The highest BCUT2D eigenvalue weighted by molar-refractivity contribution is 6.30. The number of hydrogen-bond donors (Lipinski definition) is 1. The quantitative estimate of drug-likeness (QED) is 0.849. The van der Waals surface area contributed by atoms with E-state index in [0.717, 1.165) is 0 Å². The predicted molar refractivity (Wildman–Crippen MR) is 64.1 cm³/mol. The summed E-state index contributed by atoms with van der Waals surface area (Å²) in [5.74, 6) is -0.983. The molecule has 1 aromatic carbocycles. The molecule has 0 aromatic heterocycles. The Labute approximate surface area is 105 Å². The first kappa shape index (κ1) is 13.9. The Bertz CT molecular complexity index is 435. The van der Waals surface area contributed by atoms with Crippen LogP contribution in [0.2, 0.25) is 5.02 Å². The lowest BCUT2D eigenvalue weighted by atomic mass is 9.81. The number of methoxy groups -OCH3 is 1. The van der Waals surface area contributed by atoms with Crippen LogP contribution in [0.15, 0.2) is 18.2 Å². The Morgan fingerprint density at radius 1 is 1.53 bits per heavy atom. The van der Waals surface area contributed by atoms with Gasteiger partial charge >= 0.3 is 5.97 Å². The Morgan fingerprint density at radius 3 is 2.65 bits per heavy atom. The lowest BCUT2D eigenvalue weighted by Crippen LogP contribution is -2.37. The molecule has 1 aromatic rings. The molecule has 1 unspecified atom stereocenters. The molecule has 5 heteroatoms. The fourth-order valence-electron chi connectivity index (χ4n) is 1.53. The first-order valence-electron chi connectivity index (χ1n) is 5.09. The second-order valence-electron chi connectivity index (χ2n) is 4.36. The Balaban J connectivity index is 3.15. The minimum atomic E-state index is -1.03. The molecule has 0 aliphatic carbocycles. The van der Waals surface area contributed by atoms with E-state index in [1.807, 2.05) is 0 Å². The minimum Gasteiger partial charge on any atom is -0.469 e. The topological polar surface area (TPSA) is 52.3 Å². The molecule has 1 rings (SSSR count). The number of rotatable bonds is 3. The van der Waals surface area contributed by atoms with E-state index in [4.69, 9.17) is 17.3 Å². The average molecular weight is 260 g/mol. The summed E-state index contributed by atoms with van der Waals surface area (Å²) in [5.41, 5.74) is 5.09. The summed E-state index contributed by atoms with van der Waals surface area (Å²) in [6.45, 7) is 3.20. The molecule has 94 valence electrons. The van der Waals surface area contributed by atoms with Crippen molar-refractivity contribution in [2.75, 3.05) is 7.11 Å². The summed E-state index contributed by atoms with van der Waals surface area (Å²) in [6.07, 6.45) is 0. The predicted octanol–water partition coefficient (Wildman–Crippen LogP) is 2.68. The van der Waals surface area contributed by atoms with Gasteiger partial charge in [0, 0.05) is 16.6 Å². The third-order valence-corrected chi connectivity index (χ3v) is 3.02. The summed E-state index contributed by atoms with van der Waals surface area (Å²) in [6, 6.07) is 3.25. The van der Waals surface area contributed by atoms with Gasteiger partial charge in [-0.25, -0.2) is 4.39 Å². The maximum Gasteiger partial charge on any atom is 0.313 e. The molecule has 17 heavy (non-hydrogen) atoms. The van der Waals surface area contributed by atoms with Crippen LogP contribution in [0.4, 0.5) is 4.39 Å². The molecule has 0 aliphatic rings. The Kier molecular flexibility index (Phi) is 4.11. The van der Waals surface area contributed by atoms with Crippen LogP contribution in [-0.2, 0) is 9.53 Å². The fraction of sp³-hybridized carbons (Fsp3) is 0.417.